The van der Waals surface area contributed by atoms with Gasteiger partial charge in [0, 0.05) is 12.1 Å². The average Bonchev–Trinajstić information content (AvgIpc) is 2.87. The van der Waals surface area contributed by atoms with Gasteiger partial charge in [-0.2, -0.15) is 13.2 Å². The first-order chi connectivity index (χ1) is 6.86. The molecule has 1 aliphatic carbocycles. The zero-order chi connectivity index (χ0) is 11.3. The molecule has 0 unspecified atom stereocenters. The van der Waals surface area contributed by atoms with Crippen molar-refractivity contribution in [3.8, 4) is 0 Å². The van der Waals surface area contributed by atoms with E-state index in [4.69, 9.17) is 0 Å². The number of amides is 1. The number of hydrogen-bond acceptors (Lipinski definition) is 3. The van der Waals surface area contributed by atoms with Crippen LogP contribution in [0.5, 0.6) is 0 Å². The Labute approximate surface area is 83.3 Å². The Balaban J connectivity index is 2.23. The second-order valence-corrected chi connectivity index (χ2v) is 3.63. The van der Waals surface area contributed by atoms with E-state index in [9.17, 15) is 23.1 Å². The largest absolute Gasteiger partial charge is 0.442 e. The van der Waals surface area contributed by atoms with Crippen molar-refractivity contribution in [1.82, 2.24) is 10.4 Å². The minimum Gasteiger partial charge on any atom is -0.359 e. The van der Waals surface area contributed by atoms with Gasteiger partial charge in [-0.3, -0.25) is 4.79 Å². The Morgan fingerprint density at radius 3 is 2.60 bits per heavy atom. The average molecular weight is 222 g/mol. The summed E-state index contributed by atoms with van der Waals surface area (Å²) in [6.07, 6.45) is -2.32. The monoisotopic (exact) mass is 222 g/mol. The van der Waals surface area contributed by atoms with Crippen LogP contribution in [0.3, 0.4) is 0 Å². The first-order valence-electron chi connectivity index (χ1n) is 4.43. The van der Waals surface area contributed by atoms with Crippen molar-refractivity contribution in [3.05, 3.63) is 12.3 Å². The summed E-state index contributed by atoms with van der Waals surface area (Å²) in [6, 6.07) is 0. The quantitative estimate of drug-likeness (QED) is 0.679. The van der Waals surface area contributed by atoms with E-state index in [1.54, 1.807) is 0 Å². The zero-order valence-electron chi connectivity index (χ0n) is 7.58. The summed E-state index contributed by atoms with van der Waals surface area (Å²) in [4.78, 5) is 11.4. The molecule has 0 bridgehead atoms. The van der Waals surface area contributed by atoms with E-state index < -0.39 is 23.7 Å². The molecule has 1 amide bonds. The smallest absolute Gasteiger partial charge is 0.359 e. The van der Waals surface area contributed by atoms with Gasteiger partial charge in [0.05, 0.1) is 0 Å². The van der Waals surface area contributed by atoms with Crippen LogP contribution in [-0.2, 0) is 4.79 Å². The topological polar surface area (TPSA) is 52.6 Å². The Kier molecular flexibility index (Phi) is 1.97. The van der Waals surface area contributed by atoms with Crippen molar-refractivity contribution < 1.29 is 23.1 Å². The number of rotatable bonds is 1. The van der Waals surface area contributed by atoms with Crippen molar-refractivity contribution in [3.63, 3.8) is 0 Å². The number of hydrogen-bond donors (Lipinski definition) is 2. The highest BCUT2D eigenvalue weighted by molar-refractivity contribution is 5.82. The minimum atomic E-state index is -4.91. The lowest BCUT2D eigenvalue weighted by Crippen LogP contribution is -2.60. The van der Waals surface area contributed by atoms with Gasteiger partial charge in [0.15, 0.2) is 0 Å². The van der Waals surface area contributed by atoms with Crippen molar-refractivity contribution in [2.45, 2.75) is 24.7 Å². The fraction of sp³-hybridized carbons (Fsp3) is 0.625. The molecular weight excluding hydrogens is 213 g/mol. The van der Waals surface area contributed by atoms with E-state index in [2.05, 4.69) is 5.43 Å². The van der Waals surface area contributed by atoms with Crippen molar-refractivity contribution >= 4 is 5.91 Å². The van der Waals surface area contributed by atoms with E-state index in [1.807, 2.05) is 0 Å². The van der Waals surface area contributed by atoms with Crippen LogP contribution in [0.2, 0.25) is 0 Å². The van der Waals surface area contributed by atoms with E-state index >= 15 is 0 Å². The number of hydrazine groups is 1. The van der Waals surface area contributed by atoms with Crippen molar-refractivity contribution in [2.75, 3.05) is 0 Å². The lowest BCUT2D eigenvalue weighted by atomic mass is 10.2. The Morgan fingerprint density at radius 2 is 2.13 bits per heavy atom. The fourth-order valence-electron chi connectivity index (χ4n) is 1.37. The van der Waals surface area contributed by atoms with Crippen LogP contribution in [0.1, 0.15) is 12.8 Å². The number of alkyl halides is 3. The van der Waals surface area contributed by atoms with Crippen LogP contribution >= 0.6 is 0 Å². The van der Waals surface area contributed by atoms with E-state index in [0.717, 1.165) is 6.20 Å². The molecule has 4 nitrogen and oxygen atoms in total. The minimum absolute atomic E-state index is 0.241. The highest BCUT2D eigenvalue weighted by Crippen LogP contribution is 2.39. The molecule has 0 radical (unpaired) electrons. The SMILES string of the molecule is O=C(C1CC1)N1NC=C[C@]1(O)C(F)(F)F. The molecule has 0 aromatic carbocycles. The Bertz CT molecular complexity index is 324. The second kappa shape index (κ2) is 2.88. The molecule has 0 spiro atoms. The normalized spacial score (nSPS) is 30.5. The third kappa shape index (κ3) is 1.46. The van der Waals surface area contributed by atoms with Crippen LogP contribution in [0.25, 0.3) is 0 Å². The number of carbonyl (C=O) groups is 1. The first-order valence-corrected chi connectivity index (χ1v) is 4.43. The standard InChI is InChI=1S/C8H9F3N2O2/c9-8(10,11)7(15)3-4-12-13(7)6(14)5-1-2-5/h3-5,12,15H,1-2H2/t7-/m0/s1. The molecular formula is C8H9F3N2O2. The van der Waals surface area contributed by atoms with Gasteiger partial charge in [0.1, 0.15) is 0 Å². The highest BCUT2D eigenvalue weighted by Gasteiger charge is 2.61. The third-order valence-electron chi connectivity index (χ3n) is 2.42. The van der Waals surface area contributed by atoms with Gasteiger partial charge < -0.3 is 10.5 Å². The molecule has 2 N–H and O–H groups in total. The lowest BCUT2D eigenvalue weighted by Gasteiger charge is -2.33. The van der Waals surface area contributed by atoms with Gasteiger partial charge in [0.25, 0.3) is 5.72 Å². The maximum Gasteiger partial charge on any atom is 0.442 e. The Morgan fingerprint density at radius 1 is 1.53 bits per heavy atom. The fourth-order valence-corrected chi connectivity index (χ4v) is 1.37. The van der Waals surface area contributed by atoms with E-state index in [0.29, 0.717) is 18.9 Å². The van der Waals surface area contributed by atoms with E-state index in [-0.39, 0.29) is 5.01 Å². The van der Waals surface area contributed by atoms with Gasteiger partial charge in [0.2, 0.25) is 5.91 Å². The molecule has 0 saturated heterocycles. The maximum atomic E-state index is 12.5. The summed E-state index contributed by atoms with van der Waals surface area (Å²) < 4.78 is 37.5. The lowest BCUT2D eigenvalue weighted by molar-refractivity contribution is -0.289. The molecule has 1 heterocycles. The number of carbonyl (C=O) groups excluding carboxylic acids is 1. The molecule has 84 valence electrons. The summed E-state index contributed by atoms with van der Waals surface area (Å²) in [5.41, 5.74) is -1.11. The van der Waals surface area contributed by atoms with Crippen LogP contribution in [0, 0.1) is 5.92 Å². The third-order valence-corrected chi connectivity index (χ3v) is 2.42. The summed E-state index contributed by atoms with van der Waals surface area (Å²) in [5.74, 6) is -1.12. The molecule has 2 aliphatic rings. The summed E-state index contributed by atoms with van der Waals surface area (Å²) in [5, 5.41) is 9.61. The molecule has 1 atom stereocenters. The number of halogens is 3. The van der Waals surface area contributed by atoms with Gasteiger partial charge in [-0.05, 0) is 18.9 Å². The Hall–Kier alpha value is -1.24. The van der Waals surface area contributed by atoms with Crippen LogP contribution in [0.4, 0.5) is 13.2 Å². The highest BCUT2D eigenvalue weighted by atomic mass is 19.4. The molecule has 0 aromatic heterocycles. The van der Waals surface area contributed by atoms with Crippen LogP contribution in [-0.4, -0.2) is 27.9 Å². The van der Waals surface area contributed by atoms with Gasteiger partial charge in [-0.15, -0.1) is 0 Å². The maximum absolute atomic E-state index is 12.5. The van der Waals surface area contributed by atoms with Crippen LogP contribution < -0.4 is 5.43 Å². The molecule has 1 aliphatic heterocycles. The van der Waals surface area contributed by atoms with Crippen molar-refractivity contribution in [2.24, 2.45) is 5.92 Å². The second-order valence-electron chi connectivity index (χ2n) is 3.63. The van der Waals surface area contributed by atoms with Gasteiger partial charge in [-0.25, -0.2) is 5.01 Å². The molecule has 2 rings (SSSR count). The molecule has 7 heteroatoms. The van der Waals surface area contributed by atoms with Gasteiger partial charge in [-0.1, -0.05) is 0 Å². The van der Waals surface area contributed by atoms with Crippen molar-refractivity contribution in [1.29, 1.82) is 0 Å². The number of nitrogens with zero attached hydrogens (tertiary/aromatic N) is 1. The molecule has 1 saturated carbocycles. The molecule has 15 heavy (non-hydrogen) atoms. The zero-order valence-corrected chi connectivity index (χ0v) is 7.58. The van der Waals surface area contributed by atoms with E-state index in [1.165, 1.54) is 0 Å². The molecule has 0 aromatic rings. The summed E-state index contributed by atoms with van der Waals surface area (Å²) >= 11 is 0. The number of aliphatic hydroxyl groups is 1. The predicted molar refractivity (Wildman–Crippen MR) is 42.9 cm³/mol. The van der Waals surface area contributed by atoms with Crippen LogP contribution in [0.15, 0.2) is 12.3 Å². The van der Waals surface area contributed by atoms with Gasteiger partial charge >= 0.3 is 6.18 Å². The predicted octanol–water partition coefficient (Wildman–Crippen LogP) is 0.508. The molecule has 1 fully saturated rings. The number of nitrogens with one attached hydrogen (secondary N) is 1. The summed E-state index contributed by atoms with van der Waals surface area (Å²) in [7, 11) is 0. The summed E-state index contributed by atoms with van der Waals surface area (Å²) in [6.45, 7) is 0. The first kappa shape index (κ1) is 10.3.